The number of carbonyl (C=O) groups excluding carboxylic acids is 2. The third-order valence-electron chi connectivity index (χ3n) is 3.90. The van der Waals surface area contributed by atoms with Crippen molar-refractivity contribution in [1.82, 2.24) is 0 Å². The van der Waals surface area contributed by atoms with Crippen LogP contribution in [0, 0.1) is 0 Å². The molecule has 1 atom stereocenters. The number of amidine groups is 1. The SMILES string of the molecule is CN=C(Nc1ccccc1)S[C@H]1CC(=O)N(c2cccc(OC)c2)C1=O. The molecule has 26 heavy (non-hydrogen) atoms. The maximum Gasteiger partial charge on any atom is 0.247 e. The molecular weight excluding hydrogens is 350 g/mol. The molecule has 0 saturated carbocycles. The van der Waals surface area contributed by atoms with Crippen LogP contribution in [-0.2, 0) is 9.59 Å². The summed E-state index contributed by atoms with van der Waals surface area (Å²) < 4.78 is 5.18. The highest BCUT2D eigenvalue weighted by molar-refractivity contribution is 8.15. The summed E-state index contributed by atoms with van der Waals surface area (Å²) in [7, 11) is 3.20. The molecule has 1 N–H and O–H groups in total. The second kappa shape index (κ2) is 8.05. The molecule has 1 aliphatic rings. The third-order valence-corrected chi connectivity index (χ3v) is 5.06. The van der Waals surface area contributed by atoms with Gasteiger partial charge in [0, 0.05) is 25.2 Å². The van der Waals surface area contributed by atoms with Crippen LogP contribution < -0.4 is 15.0 Å². The summed E-state index contributed by atoms with van der Waals surface area (Å²) in [6.07, 6.45) is 0.135. The van der Waals surface area contributed by atoms with Crippen LogP contribution >= 0.6 is 11.8 Å². The molecule has 2 aromatic carbocycles. The lowest BCUT2D eigenvalue weighted by atomic mass is 10.3. The first kappa shape index (κ1) is 18.0. The van der Waals surface area contributed by atoms with E-state index in [9.17, 15) is 9.59 Å². The van der Waals surface area contributed by atoms with Crippen molar-refractivity contribution in [2.24, 2.45) is 4.99 Å². The van der Waals surface area contributed by atoms with Crippen molar-refractivity contribution in [1.29, 1.82) is 0 Å². The predicted molar refractivity (Wildman–Crippen MR) is 105 cm³/mol. The molecule has 6 nitrogen and oxygen atoms in total. The van der Waals surface area contributed by atoms with E-state index in [2.05, 4.69) is 10.3 Å². The summed E-state index contributed by atoms with van der Waals surface area (Å²) in [5.41, 5.74) is 1.40. The van der Waals surface area contributed by atoms with Crippen molar-refractivity contribution in [3.8, 4) is 5.75 Å². The van der Waals surface area contributed by atoms with Crippen molar-refractivity contribution in [3.63, 3.8) is 0 Å². The lowest BCUT2D eigenvalue weighted by molar-refractivity contribution is -0.121. The second-order valence-electron chi connectivity index (χ2n) is 5.60. The number of nitrogens with one attached hydrogen (secondary N) is 1. The van der Waals surface area contributed by atoms with Gasteiger partial charge in [0.15, 0.2) is 5.17 Å². The van der Waals surface area contributed by atoms with Gasteiger partial charge >= 0.3 is 0 Å². The van der Waals surface area contributed by atoms with Gasteiger partial charge in [0.05, 0.1) is 12.8 Å². The summed E-state index contributed by atoms with van der Waals surface area (Å²) >= 11 is 1.26. The lowest BCUT2D eigenvalue weighted by Crippen LogP contribution is -2.31. The van der Waals surface area contributed by atoms with Crippen molar-refractivity contribution in [2.75, 3.05) is 24.4 Å². The number of carbonyl (C=O) groups is 2. The van der Waals surface area contributed by atoms with Crippen LogP contribution in [-0.4, -0.2) is 36.4 Å². The largest absolute Gasteiger partial charge is 0.497 e. The molecular formula is C19H19N3O3S. The number of para-hydroxylation sites is 1. The average molecular weight is 369 g/mol. The molecule has 0 unspecified atom stereocenters. The van der Waals surface area contributed by atoms with Crippen LogP contribution in [0.15, 0.2) is 59.6 Å². The van der Waals surface area contributed by atoms with E-state index in [1.807, 2.05) is 30.3 Å². The molecule has 0 aliphatic carbocycles. The minimum atomic E-state index is -0.511. The van der Waals surface area contributed by atoms with E-state index >= 15 is 0 Å². The van der Waals surface area contributed by atoms with E-state index < -0.39 is 5.25 Å². The highest BCUT2D eigenvalue weighted by Gasteiger charge is 2.40. The topological polar surface area (TPSA) is 71.0 Å². The molecule has 2 aromatic rings. The Morgan fingerprint density at radius 1 is 1.19 bits per heavy atom. The summed E-state index contributed by atoms with van der Waals surface area (Å²) in [5, 5.41) is 3.26. The lowest BCUT2D eigenvalue weighted by Gasteiger charge is -2.16. The highest BCUT2D eigenvalue weighted by Crippen LogP contribution is 2.32. The number of benzene rings is 2. The fourth-order valence-electron chi connectivity index (χ4n) is 2.63. The molecule has 3 rings (SSSR count). The fourth-order valence-corrected chi connectivity index (χ4v) is 3.62. The second-order valence-corrected chi connectivity index (χ2v) is 6.79. The Morgan fingerprint density at radius 3 is 2.65 bits per heavy atom. The molecule has 1 saturated heterocycles. The minimum Gasteiger partial charge on any atom is -0.497 e. The molecule has 7 heteroatoms. The first-order valence-electron chi connectivity index (χ1n) is 8.08. The summed E-state index contributed by atoms with van der Waals surface area (Å²) in [6.45, 7) is 0. The molecule has 0 radical (unpaired) electrons. The molecule has 0 spiro atoms. The monoisotopic (exact) mass is 369 g/mol. The van der Waals surface area contributed by atoms with E-state index in [0.717, 1.165) is 5.69 Å². The summed E-state index contributed by atoms with van der Waals surface area (Å²) in [4.78, 5) is 30.6. The van der Waals surface area contributed by atoms with Gasteiger partial charge in [-0.25, -0.2) is 4.90 Å². The number of hydrogen-bond donors (Lipinski definition) is 1. The molecule has 134 valence electrons. The predicted octanol–water partition coefficient (Wildman–Crippen LogP) is 3.16. The Morgan fingerprint density at radius 2 is 1.96 bits per heavy atom. The number of hydrogen-bond acceptors (Lipinski definition) is 5. The highest BCUT2D eigenvalue weighted by atomic mass is 32.2. The Balaban J connectivity index is 1.73. The van der Waals surface area contributed by atoms with Gasteiger partial charge in [-0.3, -0.25) is 14.6 Å². The van der Waals surface area contributed by atoms with E-state index in [0.29, 0.717) is 16.6 Å². The number of anilines is 2. The van der Waals surface area contributed by atoms with Gasteiger partial charge in [-0.2, -0.15) is 0 Å². The van der Waals surface area contributed by atoms with E-state index in [4.69, 9.17) is 4.74 Å². The zero-order chi connectivity index (χ0) is 18.5. The van der Waals surface area contributed by atoms with Gasteiger partial charge < -0.3 is 10.1 Å². The van der Waals surface area contributed by atoms with Crippen LogP contribution in [0.1, 0.15) is 6.42 Å². The van der Waals surface area contributed by atoms with Crippen molar-refractivity contribution < 1.29 is 14.3 Å². The van der Waals surface area contributed by atoms with Crippen molar-refractivity contribution in [2.45, 2.75) is 11.7 Å². The van der Waals surface area contributed by atoms with E-state index in [-0.39, 0.29) is 18.2 Å². The fraction of sp³-hybridized carbons (Fsp3) is 0.211. The van der Waals surface area contributed by atoms with Crippen LogP contribution in [0.3, 0.4) is 0 Å². The molecule has 0 aromatic heterocycles. The molecule has 1 fully saturated rings. The number of aliphatic imine (C=N–C) groups is 1. The average Bonchev–Trinajstić information content (AvgIpc) is 2.95. The number of imide groups is 1. The third kappa shape index (κ3) is 3.88. The normalized spacial score (nSPS) is 17.5. The van der Waals surface area contributed by atoms with Gasteiger partial charge in [-0.1, -0.05) is 36.0 Å². The maximum absolute atomic E-state index is 12.8. The first-order chi connectivity index (χ1) is 12.6. The number of methoxy groups -OCH3 is 1. The first-order valence-corrected chi connectivity index (χ1v) is 8.96. The van der Waals surface area contributed by atoms with E-state index in [1.54, 1.807) is 38.4 Å². The Labute approximate surface area is 156 Å². The van der Waals surface area contributed by atoms with Crippen LogP contribution in [0.2, 0.25) is 0 Å². The minimum absolute atomic E-state index is 0.135. The van der Waals surface area contributed by atoms with E-state index in [1.165, 1.54) is 16.7 Å². The van der Waals surface area contributed by atoms with Gasteiger partial charge in [0.25, 0.3) is 0 Å². The zero-order valence-electron chi connectivity index (χ0n) is 14.5. The zero-order valence-corrected chi connectivity index (χ0v) is 15.3. The van der Waals surface area contributed by atoms with Gasteiger partial charge in [-0.05, 0) is 24.3 Å². The van der Waals surface area contributed by atoms with Gasteiger partial charge in [0.1, 0.15) is 11.0 Å². The molecule has 0 bridgehead atoms. The Bertz CT molecular complexity index is 839. The number of nitrogens with zero attached hydrogens (tertiary/aromatic N) is 2. The smallest absolute Gasteiger partial charge is 0.247 e. The van der Waals surface area contributed by atoms with Crippen LogP contribution in [0.5, 0.6) is 5.75 Å². The summed E-state index contributed by atoms with van der Waals surface area (Å²) in [5.74, 6) is 0.126. The van der Waals surface area contributed by atoms with Gasteiger partial charge in [0.2, 0.25) is 11.8 Å². The Kier molecular flexibility index (Phi) is 5.58. The van der Waals surface area contributed by atoms with Crippen LogP contribution in [0.4, 0.5) is 11.4 Å². The number of rotatable bonds is 4. The standard InChI is InChI=1S/C19H19N3O3S/c1-20-19(21-13-7-4-3-5-8-13)26-16-12-17(23)22(18(16)24)14-9-6-10-15(11-14)25-2/h3-11,16H,12H2,1-2H3,(H,20,21)/t16-/m0/s1. The quantitative estimate of drug-likeness (QED) is 0.509. The maximum atomic E-state index is 12.8. The summed E-state index contributed by atoms with van der Waals surface area (Å²) in [6, 6.07) is 16.5. The molecule has 1 heterocycles. The molecule has 1 aliphatic heterocycles. The number of amides is 2. The number of thioether (sulfide) groups is 1. The van der Waals surface area contributed by atoms with Crippen molar-refractivity contribution in [3.05, 3.63) is 54.6 Å². The number of ether oxygens (including phenoxy) is 1. The molecule has 2 amide bonds. The van der Waals surface area contributed by atoms with Crippen molar-refractivity contribution >= 4 is 40.1 Å². The van der Waals surface area contributed by atoms with Gasteiger partial charge in [-0.15, -0.1) is 0 Å². The Hall–Kier alpha value is -2.80. The van der Waals surface area contributed by atoms with Crippen LogP contribution in [0.25, 0.3) is 0 Å².